The Hall–Kier alpha value is -0.560. The molecular weight excluding hydrogens is 134 g/mol. The van der Waals surface area contributed by atoms with E-state index in [-0.39, 0.29) is 0 Å². The van der Waals surface area contributed by atoms with Gasteiger partial charge in [-0.15, -0.1) is 0 Å². The van der Waals surface area contributed by atoms with Gasteiger partial charge in [-0.05, 0) is 38.4 Å². The first-order chi connectivity index (χ1) is 5.25. The molecule has 0 aromatic rings. The van der Waals surface area contributed by atoms with Crippen molar-refractivity contribution in [2.24, 2.45) is 0 Å². The van der Waals surface area contributed by atoms with E-state index in [1.54, 1.807) is 0 Å². The molecule has 0 aliphatic carbocycles. The van der Waals surface area contributed by atoms with Gasteiger partial charge in [0.1, 0.15) is 0 Å². The largest absolute Gasteiger partial charge is 0.297 e. The zero-order chi connectivity index (χ0) is 8.27. The van der Waals surface area contributed by atoms with Gasteiger partial charge in [0, 0.05) is 6.04 Å². The SMILES string of the molecule is C=CC(=C)C(C)N1CCCC1. The monoisotopic (exact) mass is 151 g/mol. The summed E-state index contributed by atoms with van der Waals surface area (Å²) in [4.78, 5) is 2.46. The smallest absolute Gasteiger partial charge is 0.0313 e. The Morgan fingerprint density at radius 3 is 2.45 bits per heavy atom. The first kappa shape index (κ1) is 8.54. The van der Waals surface area contributed by atoms with Gasteiger partial charge in [0.25, 0.3) is 0 Å². The maximum absolute atomic E-state index is 3.96. The molecule has 0 aromatic carbocycles. The first-order valence-corrected chi connectivity index (χ1v) is 4.31. The summed E-state index contributed by atoms with van der Waals surface area (Å²) in [5, 5.41) is 0. The summed E-state index contributed by atoms with van der Waals surface area (Å²) < 4.78 is 0. The zero-order valence-corrected chi connectivity index (χ0v) is 7.34. The number of nitrogens with zero attached hydrogens (tertiary/aromatic N) is 1. The third kappa shape index (κ3) is 1.93. The van der Waals surface area contributed by atoms with Crippen molar-refractivity contribution in [3.63, 3.8) is 0 Å². The summed E-state index contributed by atoms with van der Waals surface area (Å²) in [7, 11) is 0. The highest BCUT2D eigenvalue weighted by atomic mass is 15.2. The van der Waals surface area contributed by atoms with Crippen LogP contribution >= 0.6 is 0 Å². The number of rotatable bonds is 3. The molecule has 1 aliphatic heterocycles. The second-order valence-electron chi connectivity index (χ2n) is 3.20. The van der Waals surface area contributed by atoms with Crippen LogP contribution in [0.1, 0.15) is 19.8 Å². The average molecular weight is 151 g/mol. The molecule has 0 saturated carbocycles. The lowest BCUT2D eigenvalue weighted by Gasteiger charge is -2.23. The second kappa shape index (κ2) is 3.72. The molecule has 0 radical (unpaired) electrons. The predicted molar refractivity (Wildman–Crippen MR) is 49.6 cm³/mol. The highest BCUT2D eigenvalue weighted by molar-refractivity contribution is 5.17. The summed E-state index contributed by atoms with van der Waals surface area (Å²) in [5.41, 5.74) is 1.15. The van der Waals surface area contributed by atoms with Gasteiger partial charge in [0.15, 0.2) is 0 Å². The van der Waals surface area contributed by atoms with Gasteiger partial charge in [0.2, 0.25) is 0 Å². The molecule has 0 spiro atoms. The minimum absolute atomic E-state index is 0.495. The maximum atomic E-state index is 3.96. The van der Waals surface area contributed by atoms with E-state index in [2.05, 4.69) is 25.0 Å². The van der Waals surface area contributed by atoms with Crippen molar-refractivity contribution in [3.8, 4) is 0 Å². The standard InChI is InChI=1S/C10H17N/c1-4-9(2)10(3)11-7-5-6-8-11/h4,10H,1-2,5-8H2,3H3. The van der Waals surface area contributed by atoms with E-state index in [4.69, 9.17) is 0 Å². The lowest BCUT2D eigenvalue weighted by atomic mass is 10.1. The molecule has 1 rings (SSSR count). The molecule has 1 aliphatic rings. The number of likely N-dealkylation sites (tertiary alicyclic amines) is 1. The van der Waals surface area contributed by atoms with E-state index < -0.39 is 0 Å². The van der Waals surface area contributed by atoms with Crippen LogP contribution in [0, 0.1) is 0 Å². The molecule has 1 unspecified atom stereocenters. The molecule has 1 saturated heterocycles. The van der Waals surface area contributed by atoms with Crippen molar-refractivity contribution >= 4 is 0 Å². The van der Waals surface area contributed by atoms with Crippen molar-refractivity contribution in [2.75, 3.05) is 13.1 Å². The van der Waals surface area contributed by atoms with Crippen molar-refractivity contribution in [2.45, 2.75) is 25.8 Å². The van der Waals surface area contributed by atoms with Crippen LogP contribution in [0.3, 0.4) is 0 Å². The molecule has 0 bridgehead atoms. The summed E-state index contributed by atoms with van der Waals surface area (Å²) in [5.74, 6) is 0. The topological polar surface area (TPSA) is 3.24 Å². The Morgan fingerprint density at radius 1 is 1.45 bits per heavy atom. The average Bonchev–Trinajstić information content (AvgIpc) is 2.53. The molecule has 1 heteroatoms. The van der Waals surface area contributed by atoms with Gasteiger partial charge < -0.3 is 0 Å². The van der Waals surface area contributed by atoms with E-state index in [1.165, 1.54) is 25.9 Å². The third-order valence-corrected chi connectivity index (χ3v) is 2.49. The molecule has 0 aromatic heterocycles. The van der Waals surface area contributed by atoms with Crippen LogP contribution in [-0.2, 0) is 0 Å². The van der Waals surface area contributed by atoms with Crippen LogP contribution in [0.2, 0.25) is 0 Å². The van der Waals surface area contributed by atoms with E-state index >= 15 is 0 Å². The van der Waals surface area contributed by atoms with E-state index in [0.29, 0.717) is 6.04 Å². The second-order valence-corrected chi connectivity index (χ2v) is 3.20. The summed E-state index contributed by atoms with van der Waals surface area (Å²) in [6.07, 6.45) is 4.55. The van der Waals surface area contributed by atoms with Crippen molar-refractivity contribution < 1.29 is 0 Å². The van der Waals surface area contributed by atoms with E-state index in [1.807, 2.05) is 6.08 Å². The van der Waals surface area contributed by atoms with Crippen LogP contribution in [0.4, 0.5) is 0 Å². The van der Waals surface area contributed by atoms with E-state index in [0.717, 1.165) is 5.57 Å². The summed E-state index contributed by atoms with van der Waals surface area (Å²) >= 11 is 0. The van der Waals surface area contributed by atoms with Crippen LogP contribution in [-0.4, -0.2) is 24.0 Å². The van der Waals surface area contributed by atoms with Crippen LogP contribution in [0.25, 0.3) is 0 Å². The normalized spacial score (nSPS) is 21.5. The van der Waals surface area contributed by atoms with E-state index in [9.17, 15) is 0 Å². The Labute approximate surface area is 69.4 Å². The Balaban J connectivity index is 2.45. The zero-order valence-electron chi connectivity index (χ0n) is 7.34. The molecule has 0 amide bonds. The fraction of sp³-hybridized carbons (Fsp3) is 0.600. The van der Waals surface area contributed by atoms with Crippen LogP contribution in [0.5, 0.6) is 0 Å². The first-order valence-electron chi connectivity index (χ1n) is 4.31. The summed E-state index contributed by atoms with van der Waals surface area (Å²) in [6.45, 7) is 12.3. The molecule has 1 atom stereocenters. The van der Waals surface area contributed by atoms with Crippen LogP contribution in [0.15, 0.2) is 24.8 Å². The van der Waals surface area contributed by atoms with Crippen LogP contribution < -0.4 is 0 Å². The predicted octanol–water partition coefficient (Wildman–Crippen LogP) is 2.21. The molecule has 1 nitrogen and oxygen atoms in total. The quantitative estimate of drug-likeness (QED) is 0.559. The number of hydrogen-bond donors (Lipinski definition) is 0. The van der Waals surface area contributed by atoms with Gasteiger partial charge in [-0.25, -0.2) is 0 Å². The third-order valence-electron chi connectivity index (χ3n) is 2.49. The van der Waals surface area contributed by atoms with Crippen molar-refractivity contribution in [1.29, 1.82) is 0 Å². The fourth-order valence-electron chi connectivity index (χ4n) is 1.53. The lowest BCUT2D eigenvalue weighted by molar-refractivity contribution is 0.293. The molecule has 62 valence electrons. The molecule has 0 N–H and O–H groups in total. The Bertz CT molecular complexity index is 154. The van der Waals surface area contributed by atoms with Gasteiger partial charge >= 0.3 is 0 Å². The summed E-state index contributed by atoms with van der Waals surface area (Å²) in [6, 6.07) is 0.495. The molecular formula is C10H17N. The molecule has 11 heavy (non-hydrogen) atoms. The fourth-order valence-corrected chi connectivity index (χ4v) is 1.53. The van der Waals surface area contributed by atoms with Gasteiger partial charge in [-0.2, -0.15) is 0 Å². The Kier molecular flexibility index (Phi) is 2.89. The van der Waals surface area contributed by atoms with Gasteiger partial charge in [-0.3, -0.25) is 4.90 Å². The molecule has 1 fully saturated rings. The lowest BCUT2D eigenvalue weighted by Crippen LogP contribution is -2.30. The highest BCUT2D eigenvalue weighted by Gasteiger charge is 2.18. The number of hydrogen-bond acceptors (Lipinski definition) is 1. The highest BCUT2D eigenvalue weighted by Crippen LogP contribution is 2.16. The maximum Gasteiger partial charge on any atom is 0.0313 e. The van der Waals surface area contributed by atoms with Gasteiger partial charge in [-0.1, -0.05) is 19.2 Å². The van der Waals surface area contributed by atoms with Crippen molar-refractivity contribution in [1.82, 2.24) is 4.90 Å². The molecule has 1 heterocycles. The van der Waals surface area contributed by atoms with Gasteiger partial charge in [0.05, 0.1) is 0 Å². The van der Waals surface area contributed by atoms with Crippen molar-refractivity contribution in [3.05, 3.63) is 24.8 Å². The Morgan fingerprint density at radius 2 is 2.00 bits per heavy atom. The minimum Gasteiger partial charge on any atom is -0.297 e. The minimum atomic E-state index is 0.495.